The predicted octanol–water partition coefficient (Wildman–Crippen LogP) is 1.61. The number of Topliss-reactive ketones (excluding diaryl/α,β-unsaturated/α-hetero) is 1. The average Bonchev–Trinajstić information content (AvgIpc) is 2.98. The lowest BCUT2D eigenvalue weighted by molar-refractivity contribution is 0.0952. The molecule has 0 bridgehead atoms. The highest BCUT2D eigenvalue weighted by atomic mass is 16.1. The lowest BCUT2D eigenvalue weighted by atomic mass is 10.00. The number of hydrogen-bond donors (Lipinski definition) is 1. The molecule has 1 aromatic rings. The molecule has 17 heavy (non-hydrogen) atoms. The summed E-state index contributed by atoms with van der Waals surface area (Å²) in [5.74, 6) is 0.264. The van der Waals surface area contributed by atoms with Crippen molar-refractivity contribution in [2.75, 3.05) is 25.0 Å². The van der Waals surface area contributed by atoms with Crippen LogP contribution >= 0.6 is 0 Å². The Morgan fingerprint density at radius 1 is 1.47 bits per heavy atom. The van der Waals surface area contributed by atoms with E-state index in [1.165, 1.54) is 11.3 Å². The minimum atomic E-state index is 0.0483. The molecular formula is C14H18N2O. The van der Waals surface area contributed by atoms with Crippen LogP contribution in [0.15, 0.2) is 18.2 Å². The van der Waals surface area contributed by atoms with Crippen LogP contribution in [0, 0.1) is 0 Å². The maximum atomic E-state index is 12.3. The molecule has 1 fully saturated rings. The first-order valence-corrected chi connectivity index (χ1v) is 6.37. The van der Waals surface area contributed by atoms with Crippen molar-refractivity contribution in [2.45, 2.75) is 25.3 Å². The zero-order valence-corrected chi connectivity index (χ0v) is 10.2. The number of likely N-dealkylation sites (N-methyl/N-ethyl adjacent to an activating group) is 1. The normalized spacial score (nSPS) is 22.9. The summed E-state index contributed by atoms with van der Waals surface area (Å²) < 4.78 is 0. The van der Waals surface area contributed by atoms with Gasteiger partial charge in [-0.3, -0.25) is 4.79 Å². The fraction of sp³-hybridized carbons (Fsp3) is 0.500. The van der Waals surface area contributed by atoms with Crippen molar-refractivity contribution in [1.82, 2.24) is 5.32 Å². The van der Waals surface area contributed by atoms with Crippen molar-refractivity contribution in [3.63, 3.8) is 0 Å². The molecule has 3 rings (SSSR count). The smallest absolute Gasteiger partial charge is 0.179 e. The number of benzene rings is 1. The molecule has 0 saturated carbocycles. The summed E-state index contributed by atoms with van der Waals surface area (Å²) >= 11 is 0. The number of carbonyl (C=O) groups excluding carboxylic acids is 1. The van der Waals surface area contributed by atoms with Crippen molar-refractivity contribution < 1.29 is 4.79 Å². The highest BCUT2D eigenvalue weighted by Crippen LogP contribution is 2.28. The summed E-state index contributed by atoms with van der Waals surface area (Å²) in [4.78, 5) is 14.5. The maximum Gasteiger partial charge on any atom is 0.179 e. The van der Waals surface area contributed by atoms with E-state index in [2.05, 4.69) is 29.4 Å². The van der Waals surface area contributed by atoms with Crippen LogP contribution in [-0.2, 0) is 6.42 Å². The van der Waals surface area contributed by atoms with Crippen LogP contribution < -0.4 is 10.2 Å². The third-order valence-corrected chi connectivity index (χ3v) is 3.87. The molecule has 3 nitrogen and oxygen atoms in total. The lowest BCUT2D eigenvalue weighted by Gasteiger charge is -2.13. The Bertz CT molecular complexity index is 450. The van der Waals surface area contributed by atoms with E-state index in [-0.39, 0.29) is 11.8 Å². The minimum Gasteiger partial charge on any atom is -0.374 e. The van der Waals surface area contributed by atoms with E-state index >= 15 is 0 Å². The number of nitrogens with one attached hydrogen (secondary N) is 1. The van der Waals surface area contributed by atoms with Gasteiger partial charge in [0.1, 0.15) is 0 Å². The van der Waals surface area contributed by atoms with Crippen LogP contribution in [0.25, 0.3) is 0 Å². The molecule has 1 saturated heterocycles. The summed E-state index contributed by atoms with van der Waals surface area (Å²) in [6, 6.07) is 6.20. The van der Waals surface area contributed by atoms with Gasteiger partial charge in [-0.2, -0.15) is 0 Å². The van der Waals surface area contributed by atoms with Crippen LogP contribution in [0.1, 0.15) is 28.8 Å². The molecule has 0 aliphatic carbocycles. The van der Waals surface area contributed by atoms with Crippen molar-refractivity contribution in [2.24, 2.45) is 0 Å². The summed E-state index contributed by atoms with van der Waals surface area (Å²) in [5.41, 5.74) is 3.47. The van der Waals surface area contributed by atoms with Gasteiger partial charge in [0, 0.05) is 24.8 Å². The summed E-state index contributed by atoms with van der Waals surface area (Å²) in [7, 11) is 2.10. The van der Waals surface area contributed by atoms with E-state index in [0.717, 1.165) is 37.9 Å². The molecule has 1 N–H and O–H groups in total. The Hall–Kier alpha value is -1.35. The quantitative estimate of drug-likeness (QED) is 0.783. The van der Waals surface area contributed by atoms with Gasteiger partial charge in [0.05, 0.1) is 6.04 Å². The number of rotatable bonds is 2. The number of fused-ring (bicyclic) bond motifs is 1. The predicted molar refractivity (Wildman–Crippen MR) is 68.8 cm³/mol. The van der Waals surface area contributed by atoms with E-state index in [0.29, 0.717) is 0 Å². The van der Waals surface area contributed by atoms with Gasteiger partial charge in [0.2, 0.25) is 0 Å². The maximum absolute atomic E-state index is 12.3. The summed E-state index contributed by atoms with van der Waals surface area (Å²) in [5, 5.41) is 3.27. The molecule has 2 heterocycles. The molecule has 0 radical (unpaired) electrons. The molecule has 1 atom stereocenters. The second-order valence-electron chi connectivity index (χ2n) is 5.03. The summed E-state index contributed by atoms with van der Waals surface area (Å²) in [6.07, 6.45) is 3.16. The van der Waals surface area contributed by atoms with Gasteiger partial charge in [0.15, 0.2) is 5.78 Å². The fourth-order valence-electron chi connectivity index (χ4n) is 2.83. The van der Waals surface area contributed by atoms with E-state index in [4.69, 9.17) is 0 Å². The third kappa shape index (κ3) is 1.84. The molecule has 90 valence electrons. The number of carbonyl (C=O) groups is 1. The Labute approximate surface area is 102 Å². The monoisotopic (exact) mass is 230 g/mol. The van der Waals surface area contributed by atoms with Gasteiger partial charge in [-0.1, -0.05) is 0 Å². The fourth-order valence-corrected chi connectivity index (χ4v) is 2.83. The number of anilines is 1. The largest absolute Gasteiger partial charge is 0.374 e. The second-order valence-corrected chi connectivity index (χ2v) is 5.03. The van der Waals surface area contributed by atoms with E-state index < -0.39 is 0 Å². The SMILES string of the molecule is CN1CCc2cc(C(=O)C3CCCN3)ccc21. The van der Waals surface area contributed by atoms with E-state index in [1.807, 2.05) is 6.07 Å². The first kappa shape index (κ1) is 10.8. The van der Waals surface area contributed by atoms with Crippen LogP contribution in [0.3, 0.4) is 0 Å². The van der Waals surface area contributed by atoms with Gasteiger partial charge in [-0.05, 0) is 49.6 Å². The highest BCUT2D eigenvalue weighted by Gasteiger charge is 2.24. The zero-order chi connectivity index (χ0) is 11.8. The standard InChI is InChI=1S/C14H18N2O/c1-16-8-6-10-9-11(4-5-13(10)16)14(17)12-3-2-7-15-12/h4-5,9,12,15H,2-3,6-8H2,1H3. The van der Waals surface area contributed by atoms with E-state index in [1.54, 1.807) is 0 Å². The van der Waals surface area contributed by atoms with Crippen LogP contribution in [0.2, 0.25) is 0 Å². The molecule has 3 heteroatoms. The van der Waals surface area contributed by atoms with Crippen LogP contribution in [0.4, 0.5) is 5.69 Å². The molecule has 0 aromatic heterocycles. The highest BCUT2D eigenvalue weighted by molar-refractivity contribution is 6.00. The summed E-state index contributed by atoms with van der Waals surface area (Å²) in [6.45, 7) is 2.04. The topological polar surface area (TPSA) is 32.3 Å². The van der Waals surface area contributed by atoms with Crippen molar-refractivity contribution in [3.8, 4) is 0 Å². The number of hydrogen-bond acceptors (Lipinski definition) is 3. The van der Waals surface area contributed by atoms with Crippen LogP contribution in [0.5, 0.6) is 0 Å². The third-order valence-electron chi connectivity index (χ3n) is 3.87. The van der Waals surface area contributed by atoms with E-state index in [9.17, 15) is 4.79 Å². The minimum absolute atomic E-state index is 0.0483. The van der Waals surface area contributed by atoms with Gasteiger partial charge >= 0.3 is 0 Å². The van der Waals surface area contributed by atoms with Crippen molar-refractivity contribution in [1.29, 1.82) is 0 Å². The Morgan fingerprint density at radius 3 is 3.12 bits per heavy atom. The second kappa shape index (κ2) is 4.15. The Kier molecular flexibility index (Phi) is 2.63. The first-order chi connectivity index (χ1) is 8.25. The van der Waals surface area contributed by atoms with Gasteiger partial charge in [0.25, 0.3) is 0 Å². The first-order valence-electron chi connectivity index (χ1n) is 6.37. The Morgan fingerprint density at radius 2 is 2.35 bits per heavy atom. The molecule has 0 amide bonds. The molecule has 2 aliphatic rings. The van der Waals surface area contributed by atoms with Gasteiger partial charge in [-0.15, -0.1) is 0 Å². The van der Waals surface area contributed by atoms with Gasteiger partial charge in [-0.25, -0.2) is 0 Å². The Balaban J connectivity index is 1.87. The van der Waals surface area contributed by atoms with Crippen LogP contribution in [-0.4, -0.2) is 32.0 Å². The molecule has 0 spiro atoms. The zero-order valence-electron chi connectivity index (χ0n) is 10.2. The lowest BCUT2D eigenvalue weighted by Crippen LogP contribution is -2.30. The number of ketones is 1. The average molecular weight is 230 g/mol. The van der Waals surface area contributed by atoms with Gasteiger partial charge < -0.3 is 10.2 Å². The van der Waals surface area contributed by atoms with Crippen molar-refractivity contribution >= 4 is 11.5 Å². The molecule has 1 unspecified atom stereocenters. The van der Waals surface area contributed by atoms with Crippen molar-refractivity contribution in [3.05, 3.63) is 29.3 Å². The molecular weight excluding hydrogens is 212 g/mol. The number of nitrogens with zero attached hydrogens (tertiary/aromatic N) is 1. The molecule has 2 aliphatic heterocycles. The molecule has 1 aromatic carbocycles.